The molecule has 31 heavy (non-hydrogen) atoms. The van der Waals surface area contributed by atoms with E-state index in [-0.39, 0.29) is 55.7 Å². The number of benzene rings is 2. The number of carbonyl (C=O) groups is 2. The number of amides is 2. The van der Waals surface area contributed by atoms with Gasteiger partial charge in [-0.05, 0) is 30.7 Å². The molecule has 2 heterocycles. The van der Waals surface area contributed by atoms with E-state index in [9.17, 15) is 18.0 Å². The van der Waals surface area contributed by atoms with Crippen molar-refractivity contribution in [1.29, 1.82) is 0 Å². The highest BCUT2D eigenvalue weighted by atomic mass is 32.2. The number of aryl methyl sites for hydroxylation is 1. The molecule has 0 aromatic heterocycles. The van der Waals surface area contributed by atoms with E-state index in [1.807, 2.05) is 25.1 Å². The minimum atomic E-state index is -3.58. The summed E-state index contributed by atoms with van der Waals surface area (Å²) in [6.45, 7) is 2.89. The van der Waals surface area contributed by atoms with Gasteiger partial charge in [0.05, 0.1) is 10.6 Å². The molecule has 8 nitrogen and oxygen atoms in total. The summed E-state index contributed by atoms with van der Waals surface area (Å²) in [7, 11) is -3.58. The van der Waals surface area contributed by atoms with Crippen molar-refractivity contribution in [1.82, 2.24) is 9.21 Å². The molecular weight excluding hydrogens is 416 g/mol. The number of hydrogen-bond donors (Lipinski definition) is 0. The Kier molecular flexibility index (Phi) is 5.88. The molecule has 2 aromatic carbocycles. The van der Waals surface area contributed by atoms with E-state index in [0.717, 1.165) is 5.56 Å². The molecule has 0 atom stereocenters. The Labute approximate surface area is 181 Å². The highest BCUT2D eigenvalue weighted by Gasteiger charge is 2.33. The van der Waals surface area contributed by atoms with E-state index in [4.69, 9.17) is 0 Å². The summed E-state index contributed by atoms with van der Waals surface area (Å²) in [5.74, 6) is -0.396. The molecule has 2 aromatic rings. The fourth-order valence-electron chi connectivity index (χ4n) is 3.75. The Hall–Kier alpha value is -3.04. The van der Waals surface area contributed by atoms with E-state index >= 15 is 0 Å². The SMILES string of the molecule is Cc1ccccc1N1N=C(C(=O)N2CCN(S(=O)(=O)c3ccccc3)CC2)CCC1=O. The van der Waals surface area contributed by atoms with Gasteiger partial charge in [0.1, 0.15) is 5.71 Å². The van der Waals surface area contributed by atoms with Crippen LogP contribution < -0.4 is 5.01 Å². The molecule has 0 bridgehead atoms. The monoisotopic (exact) mass is 440 g/mol. The lowest BCUT2D eigenvalue weighted by Gasteiger charge is -2.35. The van der Waals surface area contributed by atoms with E-state index in [1.165, 1.54) is 9.31 Å². The van der Waals surface area contributed by atoms with Crippen molar-refractivity contribution in [3.05, 3.63) is 60.2 Å². The predicted octanol–water partition coefficient (Wildman–Crippen LogP) is 2.01. The molecule has 4 rings (SSSR count). The summed E-state index contributed by atoms with van der Waals surface area (Å²) in [6.07, 6.45) is 0.490. The van der Waals surface area contributed by atoms with Crippen LogP contribution >= 0.6 is 0 Å². The Morgan fingerprint density at radius 1 is 0.903 bits per heavy atom. The molecule has 9 heteroatoms. The average Bonchev–Trinajstić information content (AvgIpc) is 2.80. The van der Waals surface area contributed by atoms with Gasteiger partial charge in [0, 0.05) is 39.0 Å². The van der Waals surface area contributed by atoms with Gasteiger partial charge in [-0.15, -0.1) is 0 Å². The van der Waals surface area contributed by atoms with E-state index in [0.29, 0.717) is 11.4 Å². The second-order valence-electron chi connectivity index (χ2n) is 7.55. The first-order valence-electron chi connectivity index (χ1n) is 10.2. The number of piperazine rings is 1. The third kappa shape index (κ3) is 4.24. The summed E-state index contributed by atoms with van der Waals surface area (Å²) in [5, 5.41) is 5.67. The summed E-state index contributed by atoms with van der Waals surface area (Å²) in [5.41, 5.74) is 1.88. The maximum Gasteiger partial charge on any atom is 0.270 e. The highest BCUT2D eigenvalue weighted by molar-refractivity contribution is 7.89. The molecule has 0 radical (unpaired) electrons. The quantitative estimate of drug-likeness (QED) is 0.727. The maximum atomic E-state index is 13.0. The number of carbonyl (C=O) groups excluding carboxylic acids is 2. The van der Waals surface area contributed by atoms with Crippen LogP contribution in [0.1, 0.15) is 18.4 Å². The van der Waals surface area contributed by atoms with Crippen molar-refractivity contribution in [3.63, 3.8) is 0 Å². The maximum absolute atomic E-state index is 13.0. The standard InChI is InChI=1S/C22H24N4O4S/c1-17-7-5-6-10-20(17)26-21(27)12-11-19(23-26)22(28)24-13-15-25(16-14-24)31(29,30)18-8-3-2-4-9-18/h2-10H,11-16H2,1H3. The highest BCUT2D eigenvalue weighted by Crippen LogP contribution is 2.24. The number of anilines is 1. The average molecular weight is 441 g/mol. The van der Waals surface area contributed by atoms with Crippen LogP contribution in [0.5, 0.6) is 0 Å². The molecule has 0 spiro atoms. The predicted molar refractivity (Wildman–Crippen MR) is 117 cm³/mol. The van der Waals surface area contributed by atoms with Gasteiger partial charge < -0.3 is 4.90 Å². The second kappa shape index (κ2) is 8.60. The molecule has 162 valence electrons. The Bertz CT molecular complexity index is 1120. The van der Waals surface area contributed by atoms with E-state index < -0.39 is 10.0 Å². The zero-order valence-corrected chi connectivity index (χ0v) is 18.1. The van der Waals surface area contributed by atoms with Gasteiger partial charge in [0.15, 0.2) is 0 Å². The molecule has 0 N–H and O–H groups in total. The first kappa shape index (κ1) is 21.2. The summed E-state index contributed by atoms with van der Waals surface area (Å²) < 4.78 is 27.0. The first-order chi connectivity index (χ1) is 14.9. The minimum absolute atomic E-state index is 0.148. The third-order valence-corrected chi connectivity index (χ3v) is 7.44. The van der Waals surface area contributed by atoms with Gasteiger partial charge in [-0.25, -0.2) is 13.4 Å². The van der Waals surface area contributed by atoms with Crippen LogP contribution in [0.2, 0.25) is 0 Å². The molecule has 0 unspecified atom stereocenters. The molecule has 1 fully saturated rings. The zero-order chi connectivity index (χ0) is 22.0. The second-order valence-corrected chi connectivity index (χ2v) is 9.49. The largest absolute Gasteiger partial charge is 0.335 e. The lowest BCUT2D eigenvalue weighted by atomic mass is 10.1. The Morgan fingerprint density at radius 2 is 1.55 bits per heavy atom. The first-order valence-corrected chi connectivity index (χ1v) is 11.6. The van der Waals surface area contributed by atoms with Crippen LogP contribution in [0.15, 0.2) is 64.6 Å². The number of rotatable bonds is 4. The van der Waals surface area contributed by atoms with Gasteiger partial charge in [-0.1, -0.05) is 36.4 Å². The fraction of sp³-hybridized carbons (Fsp3) is 0.318. The summed E-state index contributed by atoms with van der Waals surface area (Å²) in [6, 6.07) is 15.7. The van der Waals surface area contributed by atoms with Crippen molar-refractivity contribution < 1.29 is 18.0 Å². The van der Waals surface area contributed by atoms with Gasteiger partial charge in [-0.2, -0.15) is 9.41 Å². The normalized spacial score (nSPS) is 18.1. The third-order valence-electron chi connectivity index (χ3n) is 5.53. The van der Waals surface area contributed by atoms with Crippen LogP contribution in [-0.2, 0) is 19.6 Å². The molecule has 2 aliphatic rings. The zero-order valence-electron chi connectivity index (χ0n) is 17.3. The van der Waals surface area contributed by atoms with E-state index in [2.05, 4.69) is 5.10 Å². The summed E-state index contributed by atoms with van der Waals surface area (Å²) >= 11 is 0. The van der Waals surface area contributed by atoms with Gasteiger partial charge in [0.25, 0.3) is 5.91 Å². The summed E-state index contributed by atoms with van der Waals surface area (Å²) in [4.78, 5) is 27.3. The van der Waals surface area contributed by atoms with Crippen LogP contribution in [0, 0.1) is 6.92 Å². The topological polar surface area (TPSA) is 90.4 Å². The lowest BCUT2D eigenvalue weighted by molar-refractivity contribution is -0.125. The molecule has 0 saturated carbocycles. The number of sulfonamides is 1. The number of hydrazone groups is 1. The van der Waals surface area contributed by atoms with Crippen LogP contribution in [-0.4, -0.2) is 61.3 Å². The Balaban J connectivity index is 1.47. The minimum Gasteiger partial charge on any atom is -0.335 e. The Morgan fingerprint density at radius 3 is 2.23 bits per heavy atom. The van der Waals surface area contributed by atoms with Crippen molar-refractivity contribution in [2.75, 3.05) is 31.2 Å². The molecule has 0 aliphatic carbocycles. The number of para-hydroxylation sites is 1. The van der Waals surface area contributed by atoms with Crippen molar-refractivity contribution in [2.45, 2.75) is 24.7 Å². The van der Waals surface area contributed by atoms with Crippen LogP contribution in [0.4, 0.5) is 5.69 Å². The number of hydrogen-bond acceptors (Lipinski definition) is 5. The smallest absolute Gasteiger partial charge is 0.270 e. The van der Waals surface area contributed by atoms with Gasteiger partial charge >= 0.3 is 0 Å². The lowest BCUT2D eigenvalue weighted by Crippen LogP contribution is -2.52. The molecule has 1 saturated heterocycles. The number of nitrogens with zero attached hydrogens (tertiary/aromatic N) is 4. The van der Waals surface area contributed by atoms with Gasteiger partial charge in [0.2, 0.25) is 15.9 Å². The van der Waals surface area contributed by atoms with Crippen LogP contribution in [0.25, 0.3) is 0 Å². The molecule has 2 amide bonds. The van der Waals surface area contributed by atoms with Crippen molar-refractivity contribution in [3.8, 4) is 0 Å². The van der Waals surface area contributed by atoms with Crippen molar-refractivity contribution >= 4 is 33.2 Å². The fourth-order valence-corrected chi connectivity index (χ4v) is 5.20. The molecular formula is C22H24N4O4S. The van der Waals surface area contributed by atoms with Crippen molar-refractivity contribution in [2.24, 2.45) is 5.10 Å². The van der Waals surface area contributed by atoms with Gasteiger partial charge in [-0.3, -0.25) is 9.59 Å². The van der Waals surface area contributed by atoms with Crippen LogP contribution in [0.3, 0.4) is 0 Å². The van der Waals surface area contributed by atoms with E-state index in [1.54, 1.807) is 41.3 Å². The molecule has 2 aliphatic heterocycles.